The molecule has 0 aliphatic carbocycles. The lowest BCUT2D eigenvalue weighted by molar-refractivity contribution is -0.131. The molecule has 0 spiro atoms. The zero-order chi connectivity index (χ0) is 17.5. The molecule has 138 valence electrons. The summed E-state index contributed by atoms with van der Waals surface area (Å²) in [5, 5.41) is 2.96. The number of carbonyl (C=O) groups excluding carboxylic acids is 1. The van der Waals surface area contributed by atoms with Gasteiger partial charge in [0.25, 0.3) is 0 Å². The molecule has 1 aromatic rings. The highest BCUT2D eigenvalue weighted by Crippen LogP contribution is 2.34. The van der Waals surface area contributed by atoms with Gasteiger partial charge in [0, 0.05) is 18.7 Å². The van der Waals surface area contributed by atoms with Gasteiger partial charge in [-0.1, -0.05) is 13.8 Å². The number of methoxy groups -OCH3 is 3. The topological polar surface area (TPSA) is 82.8 Å². The van der Waals surface area contributed by atoms with Gasteiger partial charge in [-0.3, -0.25) is 4.79 Å². The molecule has 0 aliphatic rings. The number of benzene rings is 1. The van der Waals surface area contributed by atoms with E-state index in [-0.39, 0.29) is 18.3 Å². The van der Waals surface area contributed by atoms with E-state index < -0.39 is 5.41 Å². The van der Waals surface area contributed by atoms with E-state index in [1.807, 2.05) is 13.8 Å². The molecule has 6 nitrogen and oxygen atoms in total. The average Bonchev–Trinajstić information content (AvgIpc) is 2.60. The fourth-order valence-electron chi connectivity index (χ4n) is 2.56. The van der Waals surface area contributed by atoms with E-state index in [9.17, 15) is 4.79 Å². The number of nitrogens with one attached hydrogen (secondary N) is 1. The monoisotopic (exact) mass is 360 g/mol. The van der Waals surface area contributed by atoms with E-state index in [0.717, 1.165) is 5.56 Å². The van der Waals surface area contributed by atoms with Gasteiger partial charge in [-0.25, -0.2) is 0 Å². The first-order chi connectivity index (χ1) is 11.0. The minimum absolute atomic E-state index is 0. The van der Waals surface area contributed by atoms with Gasteiger partial charge in [0.1, 0.15) is 17.2 Å². The Kier molecular flexibility index (Phi) is 9.55. The van der Waals surface area contributed by atoms with Crippen LogP contribution in [0.2, 0.25) is 0 Å². The first-order valence-corrected chi connectivity index (χ1v) is 7.79. The van der Waals surface area contributed by atoms with Crippen molar-refractivity contribution in [2.24, 2.45) is 11.1 Å². The Balaban J connectivity index is 0.00000529. The molecule has 0 heterocycles. The summed E-state index contributed by atoms with van der Waals surface area (Å²) in [4.78, 5) is 12.6. The number of halogens is 1. The van der Waals surface area contributed by atoms with E-state index in [0.29, 0.717) is 43.2 Å². The fraction of sp³-hybridized carbons (Fsp3) is 0.588. The van der Waals surface area contributed by atoms with E-state index in [1.54, 1.807) is 33.5 Å². The van der Waals surface area contributed by atoms with Crippen molar-refractivity contribution in [2.45, 2.75) is 33.2 Å². The number of hydrogen-bond acceptors (Lipinski definition) is 5. The third kappa shape index (κ3) is 4.68. The summed E-state index contributed by atoms with van der Waals surface area (Å²) < 4.78 is 16.0. The summed E-state index contributed by atoms with van der Waals surface area (Å²) in [5.74, 6) is 1.79. The van der Waals surface area contributed by atoms with E-state index in [1.165, 1.54) is 0 Å². The minimum atomic E-state index is -0.535. The molecule has 24 heavy (non-hydrogen) atoms. The first kappa shape index (κ1) is 22.3. The lowest BCUT2D eigenvalue weighted by Crippen LogP contribution is -2.45. The van der Waals surface area contributed by atoms with Crippen LogP contribution in [-0.2, 0) is 11.3 Å². The summed E-state index contributed by atoms with van der Waals surface area (Å²) in [6, 6.07) is 3.53. The van der Waals surface area contributed by atoms with Crippen LogP contribution in [0.4, 0.5) is 0 Å². The van der Waals surface area contributed by atoms with Crippen LogP contribution < -0.4 is 25.3 Å². The summed E-state index contributed by atoms with van der Waals surface area (Å²) in [6.45, 7) is 4.58. The average molecular weight is 361 g/mol. The van der Waals surface area contributed by atoms with Crippen LogP contribution in [0.15, 0.2) is 12.1 Å². The van der Waals surface area contributed by atoms with E-state index >= 15 is 0 Å². The molecule has 0 saturated heterocycles. The van der Waals surface area contributed by atoms with Crippen molar-refractivity contribution in [3.05, 3.63) is 17.7 Å². The summed E-state index contributed by atoms with van der Waals surface area (Å²) in [7, 11) is 4.72. The molecule has 0 bridgehead atoms. The number of rotatable bonds is 9. The fourth-order valence-corrected chi connectivity index (χ4v) is 2.56. The smallest absolute Gasteiger partial charge is 0.227 e. The summed E-state index contributed by atoms with van der Waals surface area (Å²) >= 11 is 0. The Labute approximate surface area is 150 Å². The van der Waals surface area contributed by atoms with Crippen LogP contribution in [0.3, 0.4) is 0 Å². The Bertz CT molecular complexity index is 500. The summed E-state index contributed by atoms with van der Waals surface area (Å²) in [6.07, 6.45) is 1.39. The molecule has 1 aromatic carbocycles. The molecule has 0 saturated carbocycles. The van der Waals surface area contributed by atoms with Gasteiger partial charge in [-0.05, 0) is 12.8 Å². The van der Waals surface area contributed by atoms with Gasteiger partial charge in [0.05, 0.1) is 38.9 Å². The van der Waals surface area contributed by atoms with Crippen LogP contribution in [0.25, 0.3) is 0 Å². The van der Waals surface area contributed by atoms with Crippen LogP contribution in [0, 0.1) is 5.41 Å². The molecule has 7 heteroatoms. The van der Waals surface area contributed by atoms with Crippen molar-refractivity contribution in [1.82, 2.24) is 5.32 Å². The first-order valence-electron chi connectivity index (χ1n) is 7.79. The number of hydrogen-bond donors (Lipinski definition) is 2. The van der Waals surface area contributed by atoms with E-state index in [2.05, 4.69) is 5.32 Å². The second kappa shape index (κ2) is 10.3. The van der Waals surface area contributed by atoms with Crippen molar-refractivity contribution in [3.63, 3.8) is 0 Å². The Hall–Kier alpha value is -1.66. The molecular weight excluding hydrogens is 332 g/mol. The van der Waals surface area contributed by atoms with Crippen molar-refractivity contribution in [1.29, 1.82) is 0 Å². The normalized spacial score (nSPS) is 10.6. The SMILES string of the molecule is CCC(CC)(CN)C(=O)NCc1c(OC)cc(OC)cc1OC.Cl. The maximum Gasteiger partial charge on any atom is 0.227 e. The molecule has 0 atom stereocenters. The third-order valence-electron chi connectivity index (χ3n) is 4.47. The molecule has 0 radical (unpaired) electrons. The zero-order valence-corrected chi connectivity index (χ0v) is 15.9. The molecule has 0 fully saturated rings. The minimum Gasteiger partial charge on any atom is -0.496 e. The highest BCUT2D eigenvalue weighted by molar-refractivity contribution is 5.85. The quantitative estimate of drug-likeness (QED) is 0.707. The highest BCUT2D eigenvalue weighted by atomic mass is 35.5. The molecule has 0 aromatic heterocycles. The Morgan fingerprint density at radius 1 is 1.08 bits per heavy atom. The van der Waals surface area contributed by atoms with Crippen LogP contribution in [0.5, 0.6) is 17.2 Å². The number of nitrogens with two attached hydrogens (primary N) is 1. The molecular formula is C17H29ClN2O4. The predicted molar refractivity (Wildman–Crippen MR) is 97.3 cm³/mol. The molecule has 0 aliphatic heterocycles. The Morgan fingerprint density at radius 2 is 1.58 bits per heavy atom. The standard InChI is InChI=1S/C17H28N2O4.ClH/c1-6-17(7-2,11-18)16(20)19-10-13-14(22-4)8-12(21-3)9-15(13)23-5;/h8-9H,6-7,10-11,18H2,1-5H3,(H,19,20);1H. The number of amides is 1. The molecule has 1 rings (SSSR count). The lowest BCUT2D eigenvalue weighted by Gasteiger charge is -2.28. The predicted octanol–water partition coefficient (Wildman–Crippen LogP) is 2.52. The number of ether oxygens (including phenoxy) is 3. The van der Waals surface area contributed by atoms with Crippen molar-refractivity contribution < 1.29 is 19.0 Å². The van der Waals surface area contributed by atoms with Crippen molar-refractivity contribution in [2.75, 3.05) is 27.9 Å². The maximum atomic E-state index is 12.6. The van der Waals surface area contributed by atoms with E-state index in [4.69, 9.17) is 19.9 Å². The van der Waals surface area contributed by atoms with Gasteiger partial charge in [0.15, 0.2) is 0 Å². The largest absolute Gasteiger partial charge is 0.496 e. The van der Waals surface area contributed by atoms with Crippen LogP contribution in [-0.4, -0.2) is 33.8 Å². The third-order valence-corrected chi connectivity index (χ3v) is 4.47. The lowest BCUT2D eigenvalue weighted by atomic mass is 9.81. The van der Waals surface area contributed by atoms with Crippen molar-refractivity contribution in [3.8, 4) is 17.2 Å². The van der Waals surface area contributed by atoms with Crippen molar-refractivity contribution >= 4 is 18.3 Å². The van der Waals surface area contributed by atoms with Gasteiger partial charge in [-0.2, -0.15) is 0 Å². The molecule has 3 N–H and O–H groups in total. The maximum absolute atomic E-state index is 12.6. The van der Waals surface area contributed by atoms with Gasteiger partial charge < -0.3 is 25.3 Å². The van der Waals surface area contributed by atoms with Gasteiger partial charge in [0.2, 0.25) is 5.91 Å². The highest BCUT2D eigenvalue weighted by Gasteiger charge is 2.33. The molecule has 1 amide bonds. The van der Waals surface area contributed by atoms with Crippen LogP contribution in [0.1, 0.15) is 32.3 Å². The molecule has 0 unspecified atom stereocenters. The Morgan fingerprint density at radius 3 is 1.92 bits per heavy atom. The number of carbonyl (C=O) groups is 1. The second-order valence-electron chi connectivity index (χ2n) is 5.38. The van der Waals surface area contributed by atoms with Gasteiger partial charge >= 0.3 is 0 Å². The second-order valence-corrected chi connectivity index (χ2v) is 5.38. The van der Waals surface area contributed by atoms with Gasteiger partial charge in [-0.15, -0.1) is 12.4 Å². The summed E-state index contributed by atoms with van der Waals surface area (Å²) in [5.41, 5.74) is 6.05. The zero-order valence-electron chi connectivity index (χ0n) is 15.1. The van der Waals surface area contributed by atoms with Crippen LogP contribution >= 0.6 is 12.4 Å².